The molecular formula is C29H40F3NO5S. The van der Waals surface area contributed by atoms with Crippen molar-refractivity contribution in [3.63, 3.8) is 0 Å². The SMILES string of the molecule is C[C@]12CCC3c4ccc(NS(=O)(=O)O)cc4CCC3(C=CCCCCCC[C@@H](O)C(F)=C(F)F)C1CC[C@@H]2O. The summed E-state index contributed by atoms with van der Waals surface area (Å²) in [6.07, 6.45) is 9.14. The number of nitrogens with one attached hydrogen (secondary N) is 1. The number of aryl methyl sites for hydroxylation is 1. The number of benzene rings is 1. The Hall–Kier alpha value is -1.88. The Bertz CT molecular complexity index is 1200. The van der Waals surface area contributed by atoms with Crippen LogP contribution in [0, 0.1) is 16.7 Å². The van der Waals surface area contributed by atoms with E-state index in [1.807, 2.05) is 12.1 Å². The fourth-order valence-corrected chi connectivity index (χ4v) is 8.18. The van der Waals surface area contributed by atoms with Crippen LogP contribution in [0.2, 0.25) is 0 Å². The molecule has 2 fully saturated rings. The van der Waals surface area contributed by atoms with Gasteiger partial charge in [0.1, 0.15) is 6.10 Å². The van der Waals surface area contributed by atoms with Gasteiger partial charge in [-0.2, -0.15) is 17.2 Å². The largest absolute Gasteiger partial charge is 0.393 e. The first-order valence-corrected chi connectivity index (χ1v) is 15.4. The molecule has 1 aromatic carbocycles. The summed E-state index contributed by atoms with van der Waals surface area (Å²) in [5.74, 6) is -1.15. The fraction of sp³-hybridized carbons (Fsp3) is 0.655. The lowest BCUT2D eigenvalue weighted by atomic mass is 9.47. The van der Waals surface area contributed by atoms with Gasteiger partial charge in [-0.25, -0.2) is 4.39 Å². The summed E-state index contributed by atoms with van der Waals surface area (Å²) in [5, 5.41) is 20.4. The van der Waals surface area contributed by atoms with E-state index in [4.69, 9.17) is 0 Å². The first kappa shape index (κ1) is 30.1. The molecule has 0 bridgehead atoms. The molecule has 39 heavy (non-hydrogen) atoms. The van der Waals surface area contributed by atoms with E-state index in [2.05, 4.69) is 23.8 Å². The van der Waals surface area contributed by atoms with Gasteiger partial charge in [0.15, 0.2) is 5.83 Å². The zero-order valence-electron chi connectivity index (χ0n) is 22.4. The minimum atomic E-state index is -4.35. The molecule has 0 amide bonds. The number of rotatable bonds is 11. The van der Waals surface area contributed by atoms with Crippen LogP contribution in [0.4, 0.5) is 18.9 Å². The van der Waals surface area contributed by atoms with Crippen molar-refractivity contribution in [2.75, 3.05) is 4.72 Å². The molecule has 6 nitrogen and oxygen atoms in total. The second-order valence-corrected chi connectivity index (χ2v) is 13.0. The van der Waals surface area contributed by atoms with Crippen molar-refractivity contribution in [3.05, 3.63) is 53.4 Å². The molecule has 0 heterocycles. The minimum absolute atomic E-state index is 0.0206. The molecule has 1 aromatic rings. The van der Waals surface area contributed by atoms with Crippen LogP contribution in [0.5, 0.6) is 0 Å². The van der Waals surface area contributed by atoms with Gasteiger partial charge in [0.2, 0.25) is 0 Å². The van der Waals surface area contributed by atoms with Crippen molar-refractivity contribution >= 4 is 16.0 Å². The average molecular weight is 572 g/mol. The number of anilines is 1. The third-order valence-corrected chi connectivity index (χ3v) is 10.1. The summed E-state index contributed by atoms with van der Waals surface area (Å²) >= 11 is 0. The number of fused-ring (bicyclic) bond motifs is 5. The van der Waals surface area contributed by atoms with Crippen LogP contribution in [-0.4, -0.2) is 35.4 Å². The monoisotopic (exact) mass is 571 g/mol. The number of hydrogen-bond donors (Lipinski definition) is 4. The van der Waals surface area contributed by atoms with E-state index in [1.165, 1.54) is 5.56 Å². The second-order valence-electron chi connectivity index (χ2n) is 11.9. The maximum atomic E-state index is 13.0. The number of aliphatic hydroxyl groups excluding tert-OH is 2. The van der Waals surface area contributed by atoms with Gasteiger partial charge in [-0.05, 0) is 104 Å². The van der Waals surface area contributed by atoms with Crippen LogP contribution in [0.1, 0.15) is 94.6 Å². The summed E-state index contributed by atoms with van der Waals surface area (Å²) in [6.45, 7) is 2.22. The predicted molar refractivity (Wildman–Crippen MR) is 144 cm³/mol. The molecule has 0 spiro atoms. The van der Waals surface area contributed by atoms with E-state index in [0.717, 1.165) is 69.8 Å². The van der Waals surface area contributed by atoms with Gasteiger partial charge in [-0.15, -0.1) is 0 Å². The summed E-state index contributed by atoms with van der Waals surface area (Å²) in [5.41, 5.74) is 2.38. The van der Waals surface area contributed by atoms with Gasteiger partial charge in [0.05, 0.1) is 11.8 Å². The standard InChI is InChI=1S/C29H40F3NO5S/c1-28-16-14-22-21-10-9-20(33-39(36,37)38)18-19(21)13-17-29(22,24(28)11-12-25(28)35)15-7-5-3-2-4-6-8-23(34)26(30)27(31)32/h7,9-10,15,18,22-25,33-35H,2-6,8,11-14,16-17H2,1H3,(H,36,37,38)/t22?,23-,24?,25+,28+,29?/m1/s1. The van der Waals surface area contributed by atoms with Crippen LogP contribution in [0.25, 0.3) is 0 Å². The Labute approximate surface area is 229 Å². The average Bonchev–Trinajstić information content (AvgIpc) is 3.18. The lowest BCUT2D eigenvalue weighted by Gasteiger charge is -2.57. The van der Waals surface area contributed by atoms with E-state index >= 15 is 0 Å². The lowest BCUT2D eigenvalue weighted by Crippen LogP contribution is -2.50. The van der Waals surface area contributed by atoms with Crippen molar-refractivity contribution in [1.82, 2.24) is 0 Å². The van der Waals surface area contributed by atoms with E-state index in [9.17, 15) is 36.4 Å². The van der Waals surface area contributed by atoms with E-state index in [1.54, 1.807) is 6.07 Å². The summed E-state index contributed by atoms with van der Waals surface area (Å²) in [6, 6.07) is 5.49. The first-order valence-electron chi connectivity index (χ1n) is 14.0. The molecular weight excluding hydrogens is 531 g/mol. The highest BCUT2D eigenvalue weighted by atomic mass is 32.2. The molecule has 4 rings (SSSR count). The van der Waals surface area contributed by atoms with Gasteiger partial charge in [-0.3, -0.25) is 9.27 Å². The van der Waals surface area contributed by atoms with E-state index in [-0.39, 0.29) is 29.3 Å². The topological polar surface area (TPSA) is 107 Å². The molecule has 0 saturated heterocycles. The molecule has 0 aromatic heterocycles. The molecule has 6 atom stereocenters. The first-order chi connectivity index (χ1) is 18.4. The third-order valence-electron chi connectivity index (χ3n) is 9.65. The van der Waals surface area contributed by atoms with Crippen molar-refractivity contribution in [2.45, 2.75) is 102 Å². The predicted octanol–water partition coefficient (Wildman–Crippen LogP) is 6.82. The van der Waals surface area contributed by atoms with Gasteiger partial charge in [0, 0.05) is 0 Å². The van der Waals surface area contributed by atoms with E-state index in [0.29, 0.717) is 18.0 Å². The van der Waals surface area contributed by atoms with Crippen LogP contribution in [0.3, 0.4) is 0 Å². The number of halogens is 3. The quantitative estimate of drug-likeness (QED) is 0.132. The van der Waals surface area contributed by atoms with E-state index < -0.39 is 28.3 Å². The molecule has 10 heteroatoms. The summed E-state index contributed by atoms with van der Waals surface area (Å²) < 4.78 is 71.5. The second kappa shape index (κ2) is 11.9. The summed E-state index contributed by atoms with van der Waals surface area (Å²) in [7, 11) is -4.35. The molecule has 3 aliphatic carbocycles. The zero-order chi connectivity index (χ0) is 28.4. The molecule has 3 aliphatic rings. The number of hydrogen-bond acceptors (Lipinski definition) is 4. The maximum absolute atomic E-state index is 13.0. The van der Waals surface area contributed by atoms with Crippen molar-refractivity contribution < 1.29 is 36.4 Å². The zero-order valence-corrected chi connectivity index (χ0v) is 23.2. The van der Waals surface area contributed by atoms with Crippen molar-refractivity contribution in [1.29, 1.82) is 0 Å². The Morgan fingerprint density at radius 1 is 1.13 bits per heavy atom. The molecule has 2 saturated carbocycles. The number of allylic oxidation sites excluding steroid dienone is 2. The van der Waals surface area contributed by atoms with Gasteiger partial charge in [-0.1, -0.05) is 44.4 Å². The van der Waals surface area contributed by atoms with Crippen LogP contribution >= 0.6 is 0 Å². The van der Waals surface area contributed by atoms with Crippen LogP contribution < -0.4 is 4.72 Å². The number of unbranched alkanes of at least 4 members (excludes halogenated alkanes) is 4. The highest BCUT2D eigenvalue weighted by molar-refractivity contribution is 7.87. The maximum Gasteiger partial charge on any atom is 0.357 e. The fourth-order valence-electron chi connectivity index (χ4n) is 7.75. The highest BCUT2D eigenvalue weighted by Crippen LogP contribution is 2.67. The molecule has 0 radical (unpaired) electrons. The highest BCUT2D eigenvalue weighted by Gasteiger charge is 2.60. The lowest BCUT2D eigenvalue weighted by molar-refractivity contribution is -0.0530. The van der Waals surface area contributed by atoms with Gasteiger partial charge >= 0.3 is 16.4 Å². The minimum Gasteiger partial charge on any atom is -0.393 e. The van der Waals surface area contributed by atoms with Gasteiger partial charge < -0.3 is 10.2 Å². The number of aliphatic hydroxyl groups is 2. The Balaban J connectivity index is 1.45. The van der Waals surface area contributed by atoms with Crippen LogP contribution in [-0.2, 0) is 16.7 Å². The Morgan fingerprint density at radius 2 is 1.87 bits per heavy atom. The molecule has 0 aliphatic heterocycles. The Kier molecular flexibility index (Phi) is 9.20. The summed E-state index contributed by atoms with van der Waals surface area (Å²) in [4.78, 5) is 0. The van der Waals surface area contributed by atoms with Gasteiger partial charge in [0.25, 0.3) is 0 Å². The smallest absolute Gasteiger partial charge is 0.357 e. The van der Waals surface area contributed by atoms with Crippen LogP contribution in [0.15, 0.2) is 42.3 Å². The molecule has 4 N–H and O–H groups in total. The van der Waals surface area contributed by atoms with Crippen molar-refractivity contribution in [3.8, 4) is 0 Å². The normalized spacial score (nSPS) is 30.9. The third kappa shape index (κ3) is 6.39. The Morgan fingerprint density at radius 3 is 2.59 bits per heavy atom. The van der Waals surface area contributed by atoms with Crippen molar-refractivity contribution in [2.24, 2.45) is 16.7 Å². The molecule has 3 unspecified atom stereocenters. The molecule has 218 valence electrons.